The normalized spacial score (nSPS) is 15.5. The molecule has 1 heterocycles. The van der Waals surface area contributed by atoms with Crippen molar-refractivity contribution in [1.82, 2.24) is 15.1 Å². The monoisotopic (exact) mass is 444 g/mol. The van der Waals surface area contributed by atoms with E-state index in [2.05, 4.69) is 5.32 Å². The van der Waals surface area contributed by atoms with Gasteiger partial charge in [0.25, 0.3) is 5.91 Å². The van der Waals surface area contributed by atoms with Gasteiger partial charge < -0.3 is 29.3 Å². The van der Waals surface area contributed by atoms with Gasteiger partial charge in [-0.1, -0.05) is 6.07 Å². The van der Waals surface area contributed by atoms with Gasteiger partial charge in [-0.25, -0.2) is 4.79 Å². The van der Waals surface area contributed by atoms with Gasteiger partial charge in [-0.3, -0.25) is 4.79 Å². The predicted octanol–water partition coefficient (Wildman–Crippen LogP) is 2.84. The Balaban J connectivity index is 1.98. The molecule has 0 aliphatic carbocycles. The third-order valence-corrected chi connectivity index (χ3v) is 4.90. The molecule has 1 aromatic rings. The van der Waals surface area contributed by atoms with Gasteiger partial charge in [0, 0.05) is 32.4 Å². The molecule has 1 aromatic carbocycles. The molecule has 2 rings (SSSR count). The maximum Gasteiger partial charge on any atom is 0.410 e. The number of ether oxygens (including phenoxy) is 3. The van der Waals surface area contributed by atoms with E-state index in [4.69, 9.17) is 14.2 Å². The number of rotatable bonds is 6. The lowest BCUT2D eigenvalue weighted by molar-refractivity contribution is -0.117. The van der Waals surface area contributed by atoms with E-state index < -0.39 is 11.5 Å². The summed E-state index contributed by atoms with van der Waals surface area (Å²) in [4.78, 5) is 28.3. The minimum absolute atomic E-state index is 0.00282. The Labute approximate surface area is 189 Å². The number of nitrogens with zero attached hydrogens (tertiary/aromatic N) is 3. The molecule has 9 nitrogen and oxygen atoms in total. The van der Waals surface area contributed by atoms with Crippen LogP contribution in [0.15, 0.2) is 30.0 Å². The summed E-state index contributed by atoms with van der Waals surface area (Å²) in [5, 5.41) is 12.3. The van der Waals surface area contributed by atoms with Crippen molar-refractivity contribution in [3.63, 3.8) is 0 Å². The lowest BCUT2D eigenvalue weighted by Gasteiger charge is -2.35. The predicted molar refractivity (Wildman–Crippen MR) is 119 cm³/mol. The summed E-state index contributed by atoms with van der Waals surface area (Å²) in [6, 6.07) is 7.01. The average molecular weight is 445 g/mol. The quantitative estimate of drug-likeness (QED) is 0.531. The highest BCUT2D eigenvalue weighted by Crippen LogP contribution is 2.30. The fourth-order valence-electron chi connectivity index (χ4n) is 3.16. The number of hydrogen-bond acceptors (Lipinski definition) is 7. The minimum Gasteiger partial charge on any atom is -0.493 e. The van der Waals surface area contributed by atoms with E-state index in [0.29, 0.717) is 37.7 Å². The maximum absolute atomic E-state index is 12.7. The van der Waals surface area contributed by atoms with Crippen molar-refractivity contribution in [3.8, 4) is 17.6 Å². The van der Waals surface area contributed by atoms with Crippen LogP contribution in [0.1, 0.15) is 39.3 Å². The Morgan fingerprint density at radius 2 is 1.75 bits per heavy atom. The highest BCUT2D eigenvalue weighted by molar-refractivity contribution is 5.97. The number of nitrogens with one attached hydrogen (secondary N) is 1. The van der Waals surface area contributed by atoms with Gasteiger partial charge in [-0.2, -0.15) is 5.26 Å². The number of amides is 2. The number of piperazine rings is 1. The molecule has 0 bridgehead atoms. The van der Waals surface area contributed by atoms with E-state index in [1.807, 2.05) is 44.7 Å². The van der Waals surface area contributed by atoms with E-state index in [0.717, 1.165) is 5.56 Å². The molecule has 1 aliphatic rings. The number of methoxy groups -OCH3 is 2. The Kier molecular flexibility index (Phi) is 8.35. The smallest absolute Gasteiger partial charge is 0.410 e. The second kappa shape index (κ2) is 10.8. The lowest BCUT2D eigenvalue weighted by atomic mass is 10.1. The molecule has 2 amide bonds. The summed E-state index contributed by atoms with van der Waals surface area (Å²) in [7, 11) is 3.10. The van der Waals surface area contributed by atoms with Gasteiger partial charge in [0.1, 0.15) is 17.2 Å². The molecular formula is C23H32N4O5. The van der Waals surface area contributed by atoms with Gasteiger partial charge in [0.05, 0.1) is 20.3 Å². The van der Waals surface area contributed by atoms with Gasteiger partial charge in [-0.05, 0) is 45.4 Å². The first-order valence-corrected chi connectivity index (χ1v) is 10.4. The third-order valence-electron chi connectivity index (χ3n) is 4.90. The number of nitriles is 1. The summed E-state index contributed by atoms with van der Waals surface area (Å²) in [6.45, 7) is 9.21. The van der Waals surface area contributed by atoms with Crippen molar-refractivity contribution in [3.05, 3.63) is 35.5 Å². The number of benzene rings is 1. The highest BCUT2D eigenvalue weighted by Gasteiger charge is 2.25. The maximum atomic E-state index is 12.7. The number of carbonyl (C=O) groups excluding carboxylic acids is 2. The van der Waals surface area contributed by atoms with Crippen molar-refractivity contribution in [2.75, 3.05) is 40.4 Å². The molecule has 1 unspecified atom stereocenters. The van der Waals surface area contributed by atoms with Crippen LogP contribution in [0.3, 0.4) is 0 Å². The molecule has 32 heavy (non-hydrogen) atoms. The van der Waals surface area contributed by atoms with E-state index in [1.165, 1.54) is 0 Å². The molecule has 174 valence electrons. The van der Waals surface area contributed by atoms with Crippen LogP contribution < -0.4 is 14.8 Å². The number of hydrogen-bond donors (Lipinski definition) is 1. The molecule has 1 atom stereocenters. The molecule has 0 saturated carbocycles. The van der Waals surface area contributed by atoms with Crippen molar-refractivity contribution >= 4 is 12.0 Å². The molecule has 1 saturated heterocycles. The molecule has 1 N–H and O–H groups in total. The molecule has 1 aliphatic heterocycles. The Hall–Kier alpha value is -3.41. The molecule has 1 fully saturated rings. The fraction of sp³-hybridized carbons (Fsp3) is 0.522. The summed E-state index contributed by atoms with van der Waals surface area (Å²) < 4.78 is 15.9. The third kappa shape index (κ3) is 6.80. The zero-order chi connectivity index (χ0) is 23.9. The van der Waals surface area contributed by atoms with Crippen LogP contribution in [-0.4, -0.2) is 67.8 Å². The van der Waals surface area contributed by atoms with Crippen molar-refractivity contribution in [1.29, 1.82) is 5.26 Å². The lowest BCUT2D eigenvalue weighted by Crippen LogP contribution is -2.48. The zero-order valence-electron chi connectivity index (χ0n) is 19.6. The van der Waals surface area contributed by atoms with Gasteiger partial charge in [0.15, 0.2) is 11.5 Å². The van der Waals surface area contributed by atoms with E-state index in [9.17, 15) is 14.9 Å². The van der Waals surface area contributed by atoms with Crippen LogP contribution in [0, 0.1) is 11.3 Å². The minimum atomic E-state index is -0.551. The molecule has 0 aromatic heterocycles. The Morgan fingerprint density at radius 1 is 1.12 bits per heavy atom. The number of carbonyl (C=O) groups is 2. The van der Waals surface area contributed by atoms with E-state index >= 15 is 0 Å². The summed E-state index contributed by atoms with van der Waals surface area (Å²) in [5.74, 6) is 0.687. The second-order valence-electron chi connectivity index (χ2n) is 8.47. The van der Waals surface area contributed by atoms with Crippen LogP contribution in [-0.2, 0) is 9.53 Å². The SMILES string of the molecule is COc1ccc(C(C)NC(=O)/C(C#N)=C\N2CCN(C(=O)OC(C)(C)C)CC2)cc1OC. The summed E-state index contributed by atoms with van der Waals surface area (Å²) in [5.41, 5.74) is 0.271. The zero-order valence-corrected chi connectivity index (χ0v) is 19.6. The van der Waals surface area contributed by atoms with Crippen LogP contribution in [0.5, 0.6) is 11.5 Å². The van der Waals surface area contributed by atoms with Gasteiger partial charge in [0.2, 0.25) is 0 Å². The Morgan fingerprint density at radius 3 is 2.28 bits per heavy atom. The van der Waals surface area contributed by atoms with Crippen LogP contribution in [0.2, 0.25) is 0 Å². The fourth-order valence-corrected chi connectivity index (χ4v) is 3.16. The van der Waals surface area contributed by atoms with E-state index in [1.54, 1.807) is 37.5 Å². The van der Waals surface area contributed by atoms with Gasteiger partial charge >= 0.3 is 6.09 Å². The first-order chi connectivity index (χ1) is 15.1. The van der Waals surface area contributed by atoms with Crippen LogP contribution in [0.25, 0.3) is 0 Å². The van der Waals surface area contributed by atoms with Crippen LogP contribution >= 0.6 is 0 Å². The van der Waals surface area contributed by atoms with Gasteiger partial charge in [-0.15, -0.1) is 0 Å². The Bertz CT molecular complexity index is 893. The largest absolute Gasteiger partial charge is 0.493 e. The van der Waals surface area contributed by atoms with Crippen molar-refractivity contribution < 1.29 is 23.8 Å². The first kappa shape index (κ1) is 24.9. The highest BCUT2D eigenvalue weighted by atomic mass is 16.6. The summed E-state index contributed by atoms with van der Waals surface area (Å²) >= 11 is 0. The van der Waals surface area contributed by atoms with Crippen LogP contribution in [0.4, 0.5) is 4.79 Å². The second-order valence-corrected chi connectivity index (χ2v) is 8.47. The van der Waals surface area contributed by atoms with E-state index in [-0.39, 0.29) is 17.7 Å². The average Bonchev–Trinajstić information content (AvgIpc) is 2.75. The first-order valence-electron chi connectivity index (χ1n) is 10.4. The molecule has 9 heteroatoms. The van der Waals surface area contributed by atoms with Crippen molar-refractivity contribution in [2.45, 2.75) is 39.3 Å². The van der Waals surface area contributed by atoms with Crippen molar-refractivity contribution in [2.24, 2.45) is 0 Å². The molecular weight excluding hydrogens is 412 g/mol. The summed E-state index contributed by atoms with van der Waals surface area (Å²) in [6.07, 6.45) is 1.19. The molecule has 0 radical (unpaired) electrons. The standard InChI is InChI=1S/C23H32N4O5/c1-16(17-7-8-19(30-5)20(13-17)31-6)25-21(28)18(14-24)15-26-9-11-27(12-10-26)22(29)32-23(2,3)4/h7-8,13,15-16H,9-12H2,1-6H3,(H,25,28)/b18-15-. The molecule has 0 spiro atoms. The topological polar surface area (TPSA) is 104 Å².